The summed E-state index contributed by atoms with van der Waals surface area (Å²) in [6, 6.07) is -1.54. The first-order valence-electron chi connectivity index (χ1n) is 21.4. The van der Waals surface area contributed by atoms with Crippen molar-refractivity contribution in [2.75, 3.05) is 19.8 Å². The molecule has 0 aromatic carbocycles. The Morgan fingerprint density at radius 2 is 1.11 bits per heavy atom. The van der Waals surface area contributed by atoms with Gasteiger partial charge in [-0.1, -0.05) is 120 Å². The van der Waals surface area contributed by atoms with E-state index in [0.29, 0.717) is 31.5 Å². The molecule has 326 valence electrons. The maximum atomic E-state index is 12.6. The van der Waals surface area contributed by atoms with Gasteiger partial charge in [-0.05, 0) is 83.5 Å². The third-order valence-electron chi connectivity index (χ3n) is 9.14. The average molecular weight is 824 g/mol. The molecule has 1 fully saturated rings. The predicted molar refractivity (Wildman–Crippen MR) is 225 cm³/mol. The number of nitrogens with two attached hydrogens (primary N) is 1. The standard InChI is InChI=1S/C44H74NO11P/c1-3-5-7-9-11-12-13-14-15-16-17-18-21-25-29-33-42(46)52-35-38(36-53-57(50,51)54-37-39(45)44(48)49)55-43(47)34-30-26-22-19-20-24-28-32-41-40(56-41)31-27-23-10-8-6-4-2/h11-12,14-15,19,22-24,27-28,38-41H,3-10,13,16-18,20-21,25-26,29-37,45H2,1-2H3,(H,48,49)(H,50,51)/b12-11-,15-14-,22-19-,27-23-,28-24-/t38-,39+,40?,41?/m1/s1. The second kappa shape index (κ2) is 35.1. The highest BCUT2D eigenvalue weighted by atomic mass is 31.2. The highest BCUT2D eigenvalue weighted by Gasteiger charge is 2.36. The number of unbranched alkanes of at least 4 members (excludes halogenated alkanes) is 12. The van der Waals surface area contributed by atoms with Crippen LogP contribution in [0.5, 0.6) is 0 Å². The summed E-state index contributed by atoms with van der Waals surface area (Å²) in [7, 11) is -4.74. The summed E-state index contributed by atoms with van der Waals surface area (Å²) < 4.78 is 38.3. The van der Waals surface area contributed by atoms with Crippen molar-refractivity contribution in [2.45, 2.75) is 179 Å². The SMILES string of the molecule is CCCCC/C=C\C/C=C\CCCCCCCC(=O)OC[C@H](COP(=O)(O)OC[C@H](N)C(=O)O)OC(=O)CCC/C=C\C/C=C\CC1OC1C/C=C\CCCCC. The monoisotopic (exact) mass is 823 g/mol. The molecule has 13 heteroatoms. The Bertz CT molecular complexity index is 1260. The molecule has 0 aromatic rings. The van der Waals surface area contributed by atoms with Gasteiger partial charge in [0.25, 0.3) is 0 Å². The van der Waals surface area contributed by atoms with Gasteiger partial charge in [0.2, 0.25) is 0 Å². The molecule has 0 radical (unpaired) electrons. The molecule has 1 saturated heterocycles. The van der Waals surface area contributed by atoms with Gasteiger partial charge in [0.15, 0.2) is 6.10 Å². The lowest BCUT2D eigenvalue weighted by Crippen LogP contribution is -2.34. The normalized spacial score (nSPS) is 17.9. The van der Waals surface area contributed by atoms with Crippen molar-refractivity contribution in [3.05, 3.63) is 60.8 Å². The van der Waals surface area contributed by atoms with Crippen LogP contribution in [0.15, 0.2) is 60.8 Å². The number of aliphatic carboxylic acids is 1. The maximum Gasteiger partial charge on any atom is 0.472 e. The number of esters is 2. The van der Waals surface area contributed by atoms with Gasteiger partial charge in [-0.25, -0.2) is 4.57 Å². The number of phosphoric ester groups is 1. The number of carbonyl (C=O) groups excluding carboxylic acids is 2. The first-order valence-corrected chi connectivity index (χ1v) is 22.9. The number of carbonyl (C=O) groups is 3. The van der Waals surface area contributed by atoms with E-state index in [-0.39, 0.29) is 19.4 Å². The first kappa shape index (κ1) is 52.2. The van der Waals surface area contributed by atoms with Gasteiger partial charge >= 0.3 is 25.7 Å². The summed E-state index contributed by atoms with van der Waals surface area (Å²) in [5, 5.41) is 8.89. The number of phosphoric acid groups is 1. The van der Waals surface area contributed by atoms with Crippen LogP contribution < -0.4 is 5.73 Å². The molecule has 0 aliphatic carbocycles. The van der Waals surface area contributed by atoms with Crippen LogP contribution in [0.1, 0.15) is 155 Å². The van der Waals surface area contributed by atoms with Crippen molar-refractivity contribution in [3.8, 4) is 0 Å². The average Bonchev–Trinajstić information content (AvgIpc) is 3.94. The number of hydrogen-bond acceptors (Lipinski definition) is 10. The van der Waals surface area contributed by atoms with Gasteiger partial charge in [-0.15, -0.1) is 0 Å². The van der Waals surface area contributed by atoms with Gasteiger partial charge < -0.3 is 29.9 Å². The van der Waals surface area contributed by atoms with E-state index in [0.717, 1.165) is 70.6 Å². The number of allylic oxidation sites excluding steroid dienone is 8. The Morgan fingerprint density at radius 1 is 0.632 bits per heavy atom. The van der Waals surface area contributed by atoms with Crippen LogP contribution >= 0.6 is 7.82 Å². The fourth-order valence-electron chi connectivity index (χ4n) is 5.60. The largest absolute Gasteiger partial charge is 0.480 e. The molecule has 0 aromatic heterocycles. The van der Waals surface area contributed by atoms with Crippen molar-refractivity contribution in [3.63, 3.8) is 0 Å². The minimum Gasteiger partial charge on any atom is -0.480 e. The lowest BCUT2D eigenvalue weighted by atomic mass is 10.1. The van der Waals surface area contributed by atoms with E-state index < -0.39 is 51.1 Å². The number of epoxide rings is 1. The molecule has 3 unspecified atom stereocenters. The zero-order valence-electron chi connectivity index (χ0n) is 34.9. The number of ether oxygens (including phenoxy) is 3. The van der Waals surface area contributed by atoms with Crippen molar-refractivity contribution in [2.24, 2.45) is 5.73 Å². The molecule has 1 heterocycles. The summed E-state index contributed by atoms with van der Waals surface area (Å²) in [4.78, 5) is 45.9. The van der Waals surface area contributed by atoms with E-state index in [1.807, 2.05) is 12.2 Å². The minimum atomic E-state index is -4.74. The third kappa shape index (κ3) is 32.8. The Kier molecular flexibility index (Phi) is 32.1. The molecule has 0 spiro atoms. The summed E-state index contributed by atoms with van der Waals surface area (Å²) in [6.07, 6.45) is 41.8. The summed E-state index contributed by atoms with van der Waals surface area (Å²) in [6.45, 7) is 2.65. The van der Waals surface area contributed by atoms with Gasteiger partial charge in [-0.3, -0.25) is 23.4 Å². The Labute approximate surface area is 343 Å². The van der Waals surface area contributed by atoms with Crippen molar-refractivity contribution < 1.29 is 52.2 Å². The zero-order valence-corrected chi connectivity index (χ0v) is 35.7. The van der Waals surface area contributed by atoms with Crippen LogP contribution in [0.25, 0.3) is 0 Å². The first-order chi connectivity index (χ1) is 27.6. The van der Waals surface area contributed by atoms with Crippen LogP contribution in [0.4, 0.5) is 0 Å². The number of carboxylic acid groups (broad SMARTS) is 1. The van der Waals surface area contributed by atoms with Crippen molar-refractivity contribution in [1.82, 2.24) is 0 Å². The Balaban J connectivity index is 2.35. The fraction of sp³-hybridized carbons (Fsp3) is 0.705. The van der Waals surface area contributed by atoms with Crippen LogP contribution in [0.3, 0.4) is 0 Å². The molecule has 57 heavy (non-hydrogen) atoms. The number of rotatable bonds is 38. The van der Waals surface area contributed by atoms with Crippen LogP contribution in [-0.4, -0.2) is 72.1 Å². The molecule has 5 atom stereocenters. The molecule has 1 aliphatic heterocycles. The predicted octanol–water partition coefficient (Wildman–Crippen LogP) is 10.2. The van der Waals surface area contributed by atoms with E-state index in [1.165, 1.54) is 38.5 Å². The maximum absolute atomic E-state index is 12.6. The molecule has 0 bridgehead atoms. The number of hydrogen-bond donors (Lipinski definition) is 3. The van der Waals surface area contributed by atoms with Gasteiger partial charge in [0.05, 0.1) is 25.4 Å². The van der Waals surface area contributed by atoms with Gasteiger partial charge in [0, 0.05) is 12.8 Å². The summed E-state index contributed by atoms with van der Waals surface area (Å²) >= 11 is 0. The van der Waals surface area contributed by atoms with E-state index >= 15 is 0 Å². The van der Waals surface area contributed by atoms with E-state index in [2.05, 4.69) is 67.0 Å². The van der Waals surface area contributed by atoms with Crippen LogP contribution in [0.2, 0.25) is 0 Å². The van der Waals surface area contributed by atoms with Gasteiger partial charge in [-0.2, -0.15) is 0 Å². The highest BCUT2D eigenvalue weighted by Crippen LogP contribution is 2.43. The highest BCUT2D eigenvalue weighted by molar-refractivity contribution is 7.47. The zero-order chi connectivity index (χ0) is 41.8. The Morgan fingerprint density at radius 3 is 1.70 bits per heavy atom. The van der Waals surface area contributed by atoms with Crippen LogP contribution in [-0.2, 0) is 42.2 Å². The van der Waals surface area contributed by atoms with E-state index in [9.17, 15) is 23.8 Å². The number of carboxylic acids is 1. The minimum absolute atomic E-state index is 0.0742. The summed E-state index contributed by atoms with van der Waals surface area (Å²) in [5.74, 6) is -2.48. The van der Waals surface area contributed by atoms with Crippen LogP contribution in [0, 0.1) is 0 Å². The summed E-state index contributed by atoms with van der Waals surface area (Å²) in [5.41, 5.74) is 5.33. The van der Waals surface area contributed by atoms with E-state index in [1.54, 1.807) is 0 Å². The molecule has 0 saturated carbocycles. The second-order valence-corrected chi connectivity index (χ2v) is 16.0. The molecule has 4 N–H and O–H groups in total. The fourth-order valence-corrected chi connectivity index (χ4v) is 6.38. The molecule has 1 rings (SSSR count). The lowest BCUT2D eigenvalue weighted by molar-refractivity contribution is -0.161. The molecule has 12 nitrogen and oxygen atoms in total. The smallest absolute Gasteiger partial charge is 0.472 e. The Hall–Kier alpha value is -2.86. The molecular formula is C44H74NO11P. The van der Waals surface area contributed by atoms with Crippen molar-refractivity contribution >= 4 is 25.7 Å². The third-order valence-corrected chi connectivity index (χ3v) is 10.1. The lowest BCUT2D eigenvalue weighted by Gasteiger charge is -2.20. The molecule has 1 aliphatic rings. The van der Waals surface area contributed by atoms with Gasteiger partial charge in [0.1, 0.15) is 12.6 Å². The molecular weight excluding hydrogens is 749 g/mol. The second-order valence-electron chi connectivity index (χ2n) is 14.5. The quantitative estimate of drug-likeness (QED) is 0.0176. The topological polar surface area (TPSA) is 184 Å². The molecule has 0 amide bonds. The van der Waals surface area contributed by atoms with E-state index in [4.69, 9.17) is 29.6 Å². The van der Waals surface area contributed by atoms with Crippen molar-refractivity contribution in [1.29, 1.82) is 0 Å².